The monoisotopic (exact) mass is 552 g/mol. The quantitative estimate of drug-likeness (QED) is 0.301. The Hall–Kier alpha value is -2.89. The molecule has 2 saturated heterocycles. The Morgan fingerprint density at radius 1 is 1.19 bits per heavy atom. The van der Waals surface area contributed by atoms with Crippen LogP contribution in [0.25, 0.3) is 17.0 Å². The van der Waals surface area contributed by atoms with Crippen molar-refractivity contribution in [3.63, 3.8) is 0 Å². The third kappa shape index (κ3) is 5.12. The fourth-order valence-electron chi connectivity index (χ4n) is 4.69. The van der Waals surface area contributed by atoms with Gasteiger partial charge in [-0.15, -0.1) is 0 Å². The highest BCUT2D eigenvalue weighted by Gasteiger charge is 2.44. The number of imide groups is 1. The van der Waals surface area contributed by atoms with Gasteiger partial charge in [0.1, 0.15) is 6.17 Å². The van der Waals surface area contributed by atoms with E-state index in [0.29, 0.717) is 29.4 Å². The van der Waals surface area contributed by atoms with Crippen LogP contribution in [0.3, 0.4) is 0 Å². The SMILES string of the molecule is CN1CC[C@@H](N2C(=O)SC(=Cc3ccc4c(cnn4Cc4ccc(Cl)cc4C(F)(F)F)c3)C2=O)[C@H](F)C1. The molecule has 0 saturated carbocycles. The average molecular weight is 553 g/mol. The average Bonchev–Trinajstić information content (AvgIpc) is 3.34. The van der Waals surface area contributed by atoms with Crippen molar-refractivity contribution in [2.45, 2.75) is 31.4 Å². The largest absolute Gasteiger partial charge is 0.416 e. The summed E-state index contributed by atoms with van der Waals surface area (Å²) < 4.78 is 56.5. The van der Waals surface area contributed by atoms with E-state index < -0.39 is 35.1 Å². The topological polar surface area (TPSA) is 58.4 Å². The van der Waals surface area contributed by atoms with Crippen LogP contribution >= 0.6 is 23.4 Å². The summed E-state index contributed by atoms with van der Waals surface area (Å²) in [6.07, 6.45) is -2.42. The number of hydrogen-bond acceptors (Lipinski definition) is 5. The zero-order valence-corrected chi connectivity index (χ0v) is 21.1. The number of carbonyl (C=O) groups is 2. The zero-order chi connectivity index (χ0) is 26.5. The molecule has 0 unspecified atom stereocenters. The summed E-state index contributed by atoms with van der Waals surface area (Å²) in [5.74, 6) is -0.523. The zero-order valence-electron chi connectivity index (χ0n) is 19.5. The molecule has 0 N–H and O–H groups in total. The Kier molecular flexibility index (Phi) is 6.80. The highest BCUT2D eigenvalue weighted by atomic mass is 35.5. The van der Waals surface area contributed by atoms with E-state index in [1.54, 1.807) is 31.3 Å². The molecule has 6 nitrogen and oxygen atoms in total. The minimum absolute atomic E-state index is 0.00619. The number of halogens is 5. The predicted octanol–water partition coefficient (Wildman–Crippen LogP) is 5.84. The van der Waals surface area contributed by atoms with Crippen molar-refractivity contribution in [2.24, 2.45) is 0 Å². The smallest absolute Gasteiger partial charge is 0.303 e. The summed E-state index contributed by atoms with van der Waals surface area (Å²) in [4.78, 5) is 28.6. The second-order valence-corrected chi connectivity index (χ2v) is 10.5. The van der Waals surface area contributed by atoms with E-state index in [2.05, 4.69) is 5.10 Å². The first-order valence-corrected chi connectivity index (χ1v) is 12.6. The van der Waals surface area contributed by atoms with Gasteiger partial charge < -0.3 is 4.90 Å². The molecule has 5 rings (SSSR count). The van der Waals surface area contributed by atoms with Crippen LogP contribution in [0.15, 0.2) is 47.5 Å². The number of aromatic nitrogens is 2. The van der Waals surface area contributed by atoms with Crippen LogP contribution in [0, 0.1) is 0 Å². The van der Waals surface area contributed by atoms with Crippen molar-refractivity contribution in [2.75, 3.05) is 20.1 Å². The standard InChI is InChI=1S/C25H21ClF4N4O2S/c1-32-7-6-21(19(27)13-32)34-23(35)22(37-24(34)36)9-14-2-5-20-16(8-14)11-31-33(20)12-15-3-4-17(26)10-18(15)25(28,29)30/h2-5,8-11,19,21H,6-7,12-13H2,1H3/t19-,21-/m1/s1. The van der Waals surface area contributed by atoms with Gasteiger partial charge in [0.15, 0.2) is 0 Å². The lowest BCUT2D eigenvalue weighted by atomic mass is 10.0. The lowest BCUT2D eigenvalue weighted by Crippen LogP contribution is -2.52. The van der Waals surface area contributed by atoms with Crippen LogP contribution in [0.2, 0.25) is 5.02 Å². The molecule has 2 aliphatic heterocycles. The summed E-state index contributed by atoms with van der Waals surface area (Å²) in [5.41, 5.74) is 0.413. The number of piperidine rings is 1. The Bertz CT molecular complexity index is 1420. The summed E-state index contributed by atoms with van der Waals surface area (Å²) in [6, 6.07) is 7.95. The van der Waals surface area contributed by atoms with Crippen molar-refractivity contribution >= 4 is 51.5 Å². The van der Waals surface area contributed by atoms with E-state index in [1.165, 1.54) is 23.0 Å². The van der Waals surface area contributed by atoms with Crippen LogP contribution in [0.4, 0.5) is 22.4 Å². The number of alkyl halides is 4. The molecule has 2 aromatic carbocycles. The summed E-state index contributed by atoms with van der Waals surface area (Å²) in [7, 11) is 1.79. The van der Waals surface area contributed by atoms with Gasteiger partial charge in [-0.1, -0.05) is 23.7 Å². The second kappa shape index (κ2) is 9.77. The first-order valence-electron chi connectivity index (χ1n) is 11.4. The maximum absolute atomic E-state index is 14.6. The van der Waals surface area contributed by atoms with Crippen molar-refractivity contribution in [1.82, 2.24) is 19.6 Å². The molecule has 0 bridgehead atoms. The number of likely N-dealkylation sites (tertiary alicyclic amines) is 1. The molecule has 2 amide bonds. The first kappa shape index (κ1) is 25.7. The van der Waals surface area contributed by atoms with Crippen molar-refractivity contribution in [1.29, 1.82) is 0 Å². The molecule has 12 heteroatoms. The van der Waals surface area contributed by atoms with Crippen molar-refractivity contribution < 1.29 is 27.2 Å². The van der Waals surface area contributed by atoms with E-state index in [1.807, 2.05) is 4.90 Å². The lowest BCUT2D eigenvalue weighted by Gasteiger charge is -2.36. The summed E-state index contributed by atoms with van der Waals surface area (Å²) in [6.45, 7) is 0.633. The number of nitrogens with zero attached hydrogens (tertiary/aromatic N) is 4. The molecule has 3 heterocycles. The number of carbonyl (C=O) groups excluding carboxylic acids is 2. The van der Waals surface area contributed by atoms with Crippen LogP contribution in [-0.4, -0.2) is 63.1 Å². The molecule has 0 aliphatic carbocycles. The van der Waals surface area contributed by atoms with Gasteiger partial charge in [-0.25, -0.2) is 4.39 Å². The Morgan fingerprint density at radius 2 is 1.97 bits per heavy atom. The number of fused-ring (bicyclic) bond motifs is 1. The van der Waals surface area contributed by atoms with Gasteiger partial charge in [0.2, 0.25) is 0 Å². The molecule has 0 radical (unpaired) electrons. The van der Waals surface area contributed by atoms with Gasteiger partial charge in [-0.2, -0.15) is 18.3 Å². The van der Waals surface area contributed by atoms with Crippen LogP contribution in [-0.2, 0) is 17.5 Å². The summed E-state index contributed by atoms with van der Waals surface area (Å²) >= 11 is 6.54. The third-order valence-corrected chi connectivity index (χ3v) is 7.65. The molecule has 0 spiro atoms. The highest BCUT2D eigenvalue weighted by molar-refractivity contribution is 8.18. The molecule has 2 aliphatic rings. The highest BCUT2D eigenvalue weighted by Crippen LogP contribution is 2.37. The number of rotatable bonds is 4. The third-order valence-electron chi connectivity index (χ3n) is 6.53. The molecule has 37 heavy (non-hydrogen) atoms. The number of hydrogen-bond donors (Lipinski definition) is 0. The number of benzene rings is 2. The maximum atomic E-state index is 14.6. The maximum Gasteiger partial charge on any atom is 0.416 e. The van der Waals surface area contributed by atoms with Gasteiger partial charge in [0.25, 0.3) is 11.1 Å². The summed E-state index contributed by atoms with van der Waals surface area (Å²) in [5, 5.41) is 4.39. The molecule has 2 fully saturated rings. The molecular weight excluding hydrogens is 532 g/mol. The number of amides is 2. The molecule has 194 valence electrons. The minimum Gasteiger partial charge on any atom is -0.303 e. The van der Waals surface area contributed by atoms with Gasteiger partial charge in [0, 0.05) is 23.5 Å². The molecule has 1 aromatic heterocycles. The second-order valence-electron chi connectivity index (χ2n) is 9.11. The van der Waals surface area contributed by atoms with E-state index in [4.69, 9.17) is 11.6 Å². The Labute approximate surface area is 218 Å². The van der Waals surface area contributed by atoms with Gasteiger partial charge in [-0.05, 0) is 66.7 Å². The van der Waals surface area contributed by atoms with Gasteiger partial charge in [-0.3, -0.25) is 19.2 Å². The normalized spacial score (nSPS) is 22.5. The van der Waals surface area contributed by atoms with E-state index >= 15 is 0 Å². The fourth-order valence-corrected chi connectivity index (χ4v) is 5.74. The fraction of sp³-hybridized carbons (Fsp3) is 0.320. The van der Waals surface area contributed by atoms with Crippen LogP contribution in [0.5, 0.6) is 0 Å². The van der Waals surface area contributed by atoms with E-state index in [0.717, 1.165) is 22.7 Å². The predicted molar refractivity (Wildman–Crippen MR) is 134 cm³/mol. The lowest BCUT2D eigenvalue weighted by molar-refractivity contribution is -0.138. The molecule has 2 atom stereocenters. The van der Waals surface area contributed by atoms with Crippen molar-refractivity contribution in [3.05, 3.63) is 69.2 Å². The Morgan fingerprint density at radius 3 is 2.70 bits per heavy atom. The van der Waals surface area contributed by atoms with Crippen molar-refractivity contribution in [3.8, 4) is 0 Å². The number of thioether (sulfide) groups is 1. The van der Waals surface area contributed by atoms with Gasteiger partial charge in [0.05, 0.1) is 34.8 Å². The molecular formula is C25H21ClF4N4O2S. The van der Waals surface area contributed by atoms with Gasteiger partial charge >= 0.3 is 6.18 Å². The van der Waals surface area contributed by atoms with Crippen LogP contribution < -0.4 is 0 Å². The van der Waals surface area contributed by atoms with Crippen LogP contribution in [0.1, 0.15) is 23.1 Å². The first-order chi connectivity index (χ1) is 17.5. The Balaban J connectivity index is 1.39. The molecule has 3 aromatic rings. The minimum atomic E-state index is -4.56. The van der Waals surface area contributed by atoms with E-state index in [-0.39, 0.29) is 28.6 Å². The van der Waals surface area contributed by atoms with E-state index in [9.17, 15) is 27.2 Å².